The van der Waals surface area contributed by atoms with Gasteiger partial charge in [-0.25, -0.2) is 0 Å². The highest BCUT2D eigenvalue weighted by atomic mass is 35.5. The molecule has 1 fully saturated rings. The quantitative estimate of drug-likeness (QED) is 0.589. The molecule has 2 atom stereocenters. The van der Waals surface area contributed by atoms with Gasteiger partial charge in [-0.05, 0) is 12.8 Å². The Morgan fingerprint density at radius 2 is 1.95 bits per heavy atom. The van der Waals surface area contributed by atoms with Gasteiger partial charge in [-0.15, -0.1) is 12.4 Å². The SMILES string of the molecule is CCCCNC(=O)C1CNCC1(CCCC)C(N)=O.Cl. The van der Waals surface area contributed by atoms with E-state index in [2.05, 4.69) is 24.5 Å². The highest BCUT2D eigenvalue weighted by molar-refractivity contribution is 5.91. The Hall–Kier alpha value is -0.810. The van der Waals surface area contributed by atoms with E-state index >= 15 is 0 Å². The van der Waals surface area contributed by atoms with E-state index in [0.29, 0.717) is 26.1 Å². The second kappa shape index (κ2) is 9.19. The lowest BCUT2D eigenvalue weighted by molar-refractivity contribution is -0.138. The van der Waals surface area contributed by atoms with Crippen LogP contribution in [-0.2, 0) is 9.59 Å². The third-order valence-electron chi connectivity index (χ3n) is 4.07. The summed E-state index contributed by atoms with van der Waals surface area (Å²) in [6.45, 7) is 5.90. The van der Waals surface area contributed by atoms with E-state index in [-0.39, 0.29) is 30.1 Å². The Morgan fingerprint density at radius 1 is 1.30 bits per heavy atom. The summed E-state index contributed by atoms with van der Waals surface area (Å²) in [7, 11) is 0. The summed E-state index contributed by atoms with van der Waals surface area (Å²) in [5.74, 6) is -0.705. The monoisotopic (exact) mass is 305 g/mol. The maximum atomic E-state index is 12.2. The van der Waals surface area contributed by atoms with Gasteiger partial charge in [0, 0.05) is 19.6 Å². The second-order valence-corrected chi connectivity index (χ2v) is 5.45. The summed E-state index contributed by atoms with van der Waals surface area (Å²) < 4.78 is 0. The summed E-state index contributed by atoms with van der Waals surface area (Å²) in [4.78, 5) is 24.1. The van der Waals surface area contributed by atoms with E-state index in [1.165, 1.54) is 0 Å². The van der Waals surface area contributed by atoms with Gasteiger partial charge in [-0.3, -0.25) is 9.59 Å². The first-order valence-electron chi connectivity index (χ1n) is 7.36. The van der Waals surface area contributed by atoms with Gasteiger partial charge in [0.2, 0.25) is 11.8 Å². The van der Waals surface area contributed by atoms with Crippen LogP contribution in [0.2, 0.25) is 0 Å². The molecule has 4 N–H and O–H groups in total. The zero-order valence-electron chi connectivity index (χ0n) is 12.5. The standard InChI is InChI=1S/C14H27N3O2.ClH/c1-3-5-7-14(13(15)19)10-16-9-11(14)12(18)17-8-6-4-2;/h11,16H,3-10H2,1-2H3,(H2,15,19)(H,17,18);1H. The first kappa shape index (κ1) is 19.2. The van der Waals surface area contributed by atoms with Crippen LogP contribution >= 0.6 is 12.4 Å². The molecule has 1 heterocycles. The lowest BCUT2D eigenvalue weighted by atomic mass is 9.73. The molecule has 1 aliphatic heterocycles. The van der Waals surface area contributed by atoms with Crippen molar-refractivity contribution in [1.82, 2.24) is 10.6 Å². The number of nitrogens with two attached hydrogens (primary N) is 1. The normalized spacial score (nSPS) is 25.0. The molecule has 2 amide bonds. The number of hydrogen-bond acceptors (Lipinski definition) is 3. The Bertz CT molecular complexity index is 326. The number of halogens is 1. The van der Waals surface area contributed by atoms with Gasteiger partial charge >= 0.3 is 0 Å². The Labute approximate surface area is 127 Å². The van der Waals surface area contributed by atoms with E-state index in [1.54, 1.807) is 0 Å². The van der Waals surface area contributed by atoms with Crippen molar-refractivity contribution in [2.24, 2.45) is 17.1 Å². The van der Waals surface area contributed by atoms with Gasteiger partial charge < -0.3 is 16.4 Å². The maximum Gasteiger partial charge on any atom is 0.225 e. The summed E-state index contributed by atoms with van der Waals surface area (Å²) >= 11 is 0. The first-order valence-corrected chi connectivity index (χ1v) is 7.36. The first-order chi connectivity index (χ1) is 9.08. The minimum Gasteiger partial charge on any atom is -0.369 e. The number of carbonyl (C=O) groups excluding carboxylic acids is 2. The van der Waals surface area contributed by atoms with Gasteiger partial charge in [-0.1, -0.05) is 33.1 Å². The molecular formula is C14H28ClN3O2. The molecule has 0 spiro atoms. The van der Waals surface area contributed by atoms with E-state index in [1.807, 2.05) is 0 Å². The molecule has 6 heteroatoms. The molecule has 20 heavy (non-hydrogen) atoms. The van der Waals surface area contributed by atoms with Crippen molar-refractivity contribution in [3.63, 3.8) is 0 Å². The van der Waals surface area contributed by atoms with Crippen molar-refractivity contribution in [2.45, 2.75) is 46.0 Å². The predicted molar refractivity (Wildman–Crippen MR) is 82.7 cm³/mol. The number of unbranched alkanes of at least 4 members (excludes halogenated alkanes) is 2. The molecule has 1 rings (SSSR count). The Balaban J connectivity index is 0.00000361. The third kappa shape index (κ3) is 4.35. The van der Waals surface area contributed by atoms with Crippen LogP contribution in [0, 0.1) is 11.3 Å². The average molecular weight is 306 g/mol. The van der Waals surface area contributed by atoms with Crippen molar-refractivity contribution < 1.29 is 9.59 Å². The molecule has 1 aliphatic rings. The number of nitrogens with one attached hydrogen (secondary N) is 2. The lowest BCUT2D eigenvalue weighted by Crippen LogP contribution is -2.49. The van der Waals surface area contributed by atoms with E-state index in [9.17, 15) is 9.59 Å². The number of rotatable bonds is 8. The van der Waals surface area contributed by atoms with Crippen LogP contribution in [0.4, 0.5) is 0 Å². The van der Waals surface area contributed by atoms with Crippen LogP contribution in [0.5, 0.6) is 0 Å². The molecule has 0 radical (unpaired) electrons. The summed E-state index contributed by atoms with van der Waals surface area (Å²) in [6, 6.07) is 0. The van der Waals surface area contributed by atoms with Crippen molar-refractivity contribution in [3.8, 4) is 0 Å². The number of hydrogen-bond donors (Lipinski definition) is 3. The minimum absolute atomic E-state index is 0. The van der Waals surface area contributed by atoms with E-state index in [0.717, 1.165) is 25.7 Å². The van der Waals surface area contributed by atoms with Crippen molar-refractivity contribution in [3.05, 3.63) is 0 Å². The molecule has 0 bridgehead atoms. The van der Waals surface area contributed by atoms with E-state index < -0.39 is 5.41 Å². The van der Waals surface area contributed by atoms with Crippen LogP contribution in [0.3, 0.4) is 0 Å². The summed E-state index contributed by atoms with van der Waals surface area (Å²) in [6.07, 6.45) is 4.62. The maximum absolute atomic E-state index is 12.2. The van der Waals surface area contributed by atoms with Crippen molar-refractivity contribution in [1.29, 1.82) is 0 Å². The topological polar surface area (TPSA) is 84.2 Å². The molecular weight excluding hydrogens is 278 g/mol. The van der Waals surface area contributed by atoms with Crippen molar-refractivity contribution >= 4 is 24.2 Å². The minimum atomic E-state index is -0.702. The molecule has 0 aromatic heterocycles. The van der Waals surface area contributed by atoms with Gasteiger partial charge in [-0.2, -0.15) is 0 Å². The van der Waals surface area contributed by atoms with Gasteiger partial charge in [0.1, 0.15) is 0 Å². The second-order valence-electron chi connectivity index (χ2n) is 5.45. The molecule has 0 aromatic rings. The van der Waals surface area contributed by atoms with Crippen LogP contribution < -0.4 is 16.4 Å². The number of carbonyl (C=O) groups is 2. The smallest absolute Gasteiger partial charge is 0.225 e. The van der Waals surface area contributed by atoms with Gasteiger partial charge in [0.25, 0.3) is 0 Å². The molecule has 118 valence electrons. The fourth-order valence-electron chi connectivity index (χ4n) is 2.75. The zero-order valence-corrected chi connectivity index (χ0v) is 13.4. The fourth-order valence-corrected chi connectivity index (χ4v) is 2.75. The molecule has 5 nitrogen and oxygen atoms in total. The molecule has 0 aromatic carbocycles. The van der Waals surface area contributed by atoms with Crippen LogP contribution in [-0.4, -0.2) is 31.4 Å². The van der Waals surface area contributed by atoms with Crippen LogP contribution in [0.25, 0.3) is 0 Å². The van der Waals surface area contributed by atoms with Gasteiger partial charge in [0.15, 0.2) is 0 Å². The van der Waals surface area contributed by atoms with Crippen LogP contribution in [0.1, 0.15) is 46.0 Å². The third-order valence-corrected chi connectivity index (χ3v) is 4.07. The Kier molecular flexibility index (Phi) is 8.81. The van der Waals surface area contributed by atoms with Crippen LogP contribution in [0.15, 0.2) is 0 Å². The molecule has 0 saturated carbocycles. The number of amides is 2. The summed E-state index contributed by atoms with van der Waals surface area (Å²) in [5, 5.41) is 6.09. The zero-order chi connectivity index (χ0) is 14.3. The lowest BCUT2D eigenvalue weighted by Gasteiger charge is -2.30. The Morgan fingerprint density at radius 3 is 2.50 bits per heavy atom. The van der Waals surface area contributed by atoms with E-state index in [4.69, 9.17) is 5.73 Å². The van der Waals surface area contributed by atoms with Gasteiger partial charge in [0.05, 0.1) is 11.3 Å². The average Bonchev–Trinajstić information content (AvgIpc) is 2.81. The predicted octanol–water partition coefficient (Wildman–Crippen LogP) is 1.21. The largest absolute Gasteiger partial charge is 0.369 e. The fraction of sp³-hybridized carbons (Fsp3) is 0.857. The molecule has 1 saturated heterocycles. The highest BCUT2D eigenvalue weighted by Crippen LogP contribution is 2.36. The number of primary amides is 1. The molecule has 2 unspecified atom stereocenters. The molecule has 0 aliphatic carbocycles. The highest BCUT2D eigenvalue weighted by Gasteiger charge is 2.50. The summed E-state index contributed by atoms with van der Waals surface area (Å²) in [5.41, 5.74) is 4.90. The van der Waals surface area contributed by atoms with Crippen molar-refractivity contribution in [2.75, 3.05) is 19.6 Å².